The molecule has 3 rings (SSSR count). The Kier molecular flexibility index (Phi) is 6.51. The summed E-state index contributed by atoms with van der Waals surface area (Å²) in [6, 6.07) is 17.7. The summed E-state index contributed by atoms with van der Waals surface area (Å²) in [7, 11) is 0. The Morgan fingerprint density at radius 3 is 2.55 bits per heavy atom. The molecule has 29 heavy (non-hydrogen) atoms. The van der Waals surface area contributed by atoms with E-state index in [4.69, 9.17) is 10.00 Å². The van der Waals surface area contributed by atoms with E-state index in [1.54, 1.807) is 54.6 Å². The normalized spacial score (nSPS) is 10.8. The number of amides is 1. The molecule has 7 heteroatoms. The smallest absolute Gasteiger partial charge is 0.340 e. The number of rotatable bonds is 6. The Morgan fingerprint density at radius 1 is 1.10 bits per heavy atom. The Balaban J connectivity index is 1.71. The zero-order chi connectivity index (χ0) is 20.6. The van der Waals surface area contributed by atoms with Gasteiger partial charge in [-0.05, 0) is 47.4 Å². The highest BCUT2D eigenvalue weighted by Gasteiger charge is 2.17. The van der Waals surface area contributed by atoms with Crippen LogP contribution in [0.15, 0.2) is 66.0 Å². The Morgan fingerprint density at radius 2 is 1.86 bits per heavy atom. The molecule has 0 fully saturated rings. The summed E-state index contributed by atoms with van der Waals surface area (Å²) in [5.74, 6) is -1.62. The van der Waals surface area contributed by atoms with E-state index in [1.165, 1.54) is 23.5 Å². The van der Waals surface area contributed by atoms with E-state index in [-0.39, 0.29) is 11.4 Å². The molecular weight excluding hydrogens is 391 g/mol. The molecule has 5 nitrogen and oxygen atoms in total. The summed E-state index contributed by atoms with van der Waals surface area (Å²) >= 11 is 1.34. The topological polar surface area (TPSA) is 79.2 Å². The van der Waals surface area contributed by atoms with Crippen molar-refractivity contribution >= 4 is 40.5 Å². The summed E-state index contributed by atoms with van der Waals surface area (Å²) in [6.07, 6.45) is 1.58. The van der Waals surface area contributed by atoms with Crippen molar-refractivity contribution in [2.75, 3.05) is 11.9 Å². The fourth-order valence-electron chi connectivity index (χ4n) is 2.47. The number of benzene rings is 2. The number of nitrogens with one attached hydrogen (secondary N) is 1. The van der Waals surface area contributed by atoms with Crippen LogP contribution in [0, 0.1) is 17.1 Å². The molecule has 0 aliphatic rings. The van der Waals surface area contributed by atoms with Gasteiger partial charge in [-0.3, -0.25) is 4.79 Å². The first-order valence-electron chi connectivity index (χ1n) is 8.54. The number of halogens is 1. The fraction of sp³-hybridized carbons (Fsp3) is 0.0455. The third-order valence-electron chi connectivity index (χ3n) is 3.84. The maximum atomic E-state index is 13.1. The highest BCUT2D eigenvalue weighted by molar-refractivity contribution is 7.11. The molecule has 0 unspecified atom stereocenters. The minimum absolute atomic E-state index is 0.261. The summed E-state index contributed by atoms with van der Waals surface area (Å²) < 4.78 is 18.3. The summed E-state index contributed by atoms with van der Waals surface area (Å²) in [4.78, 5) is 25.4. The number of ether oxygens (including phenoxy) is 1. The molecule has 0 atom stereocenters. The maximum Gasteiger partial charge on any atom is 0.340 e. The van der Waals surface area contributed by atoms with E-state index in [9.17, 15) is 14.0 Å². The van der Waals surface area contributed by atoms with Gasteiger partial charge in [-0.2, -0.15) is 5.26 Å². The first-order chi connectivity index (χ1) is 14.1. The van der Waals surface area contributed by atoms with Gasteiger partial charge in [0.05, 0.1) is 16.8 Å². The van der Waals surface area contributed by atoms with Gasteiger partial charge < -0.3 is 10.1 Å². The van der Waals surface area contributed by atoms with Gasteiger partial charge in [0.1, 0.15) is 11.9 Å². The number of para-hydroxylation sites is 1. The van der Waals surface area contributed by atoms with Crippen molar-refractivity contribution in [2.24, 2.45) is 0 Å². The van der Waals surface area contributed by atoms with Crippen molar-refractivity contribution in [2.45, 2.75) is 0 Å². The second kappa shape index (κ2) is 9.44. The number of nitrogens with zero attached hydrogens (tertiary/aromatic N) is 1. The number of hydrogen-bond donors (Lipinski definition) is 1. The van der Waals surface area contributed by atoms with Crippen LogP contribution in [0.25, 0.3) is 11.6 Å². The number of nitriles is 1. The Labute approximate surface area is 170 Å². The average Bonchev–Trinajstić information content (AvgIpc) is 3.26. The second-order valence-corrected chi connectivity index (χ2v) is 6.82. The Hall–Kier alpha value is -3.76. The van der Waals surface area contributed by atoms with Crippen molar-refractivity contribution in [3.05, 3.63) is 87.9 Å². The van der Waals surface area contributed by atoms with E-state index < -0.39 is 18.5 Å². The highest BCUT2D eigenvalue weighted by atomic mass is 32.1. The van der Waals surface area contributed by atoms with Gasteiger partial charge in [-0.15, -0.1) is 11.3 Å². The minimum Gasteiger partial charge on any atom is -0.452 e. The average molecular weight is 406 g/mol. The van der Waals surface area contributed by atoms with Crippen LogP contribution < -0.4 is 5.32 Å². The standard InChI is InChI=1S/C22H15FN2O3S/c23-17-9-7-15(8-10-17)12-18(20-6-3-11-29-20)22(27)28-14-21(26)25-19-5-2-1-4-16(19)13-24/h1-12H,14H2,(H,25,26)/b18-12+. The fourth-order valence-corrected chi connectivity index (χ4v) is 3.20. The lowest BCUT2D eigenvalue weighted by atomic mass is 10.1. The zero-order valence-electron chi connectivity index (χ0n) is 15.1. The van der Waals surface area contributed by atoms with Gasteiger partial charge in [0.2, 0.25) is 0 Å². The van der Waals surface area contributed by atoms with Crippen molar-refractivity contribution in [1.82, 2.24) is 0 Å². The number of anilines is 1. The number of carbonyl (C=O) groups is 2. The van der Waals surface area contributed by atoms with E-state index >= 15 is 0 Å². The van der Waals surface area contributed by atoms with Crippen LogP contribution in [-0.2, 0) is 14.3 Å². The summed E-state index contributed by atoms with van der Waals surface area (Å²) in [5.41, 5.74) is 1.54. The molecular formula is C22H15FN2O3S. The quantitative estimate of drug-likeness (QED) is 0.483. The first kappa shape index (κ1) is 20.0. The third-order valence-corrected chi connectivity index (χ3v) is 4.75. The van der Waals surface area contributed by atoms with Crippen molar-refractivity contribution in [3.8, 4) is 6.07 Å². The molecule has 1 N–H and O–H groups in total. The minimum atomic E-state index is -0.680. The molecule has 0 bridgehead atoms. The van der Waals surface area contributed by atoms with Crippen LogP contribution in [0.3, 0.4) is 0 Å². The van der Waals surface area contributed by atoms with E-state index in [0.29, 0.717) is 21.7 Å². The monoisotopic (exact) mass is 406 g/mol. The van der Waals surface area contributed by atoms with Gasteiger partial charge in [-0.25, -0.2) is 9.18 Å². The van der Waals surface area contributed by atoms with Gasteiger partial charge in [-0.1, -0.05) is 30.3 Å². The van der Waals surface area contributed by atoms with Crippen molar-refractivity contribution in [1.29, 1.82) is 5.26 Å². The molecule has 1 heterocycles. The second-order valence-electron chi connectivity index (χ2n) is 5.87. The molecule has 144 valence electrons. The third kappa shape index (κ3) is 5.37. The van der Waals surface area contributed by atoms with E-state index in [2.05, 4.69) is 5.32 Å². The van der Waals surface area contributed by atoms with Crippen molar-refractivity contribution < 1.29 is 18.7 Å². The molecule has 0 aliphatic carbocycles. The largest absolute Gasteiger partial charge is 0.452 e. The maximum absolute atomic E-state index is 13.1. The number of hydrogen-bond acceptors (Lipinski definition) is 5. The molecule has 1 amide bonds. The molecule has 0 saturated carbocycles. The molecule has 0 aliphatic heterocycles. The van der Waals surface area contributed by atoms with Crippen LogP contribution >= 0.6 is 11.3 Å². The van der Waals surface area contributed by atoms with Crippen LogP contribution in [0.1, 0.15) is 16.0 Å². The molecule has 0 radical (unpaired) electrons. The molecule has 2 aromatic carbocycles. The van der Waals surface area contributed by atoms with Gasteiger partial charge in [0.25, 0.3) is 5.91 Å². The van der Waals surface area contributed by atoms with Crippen LogP contribution in [-0.4, -0.2) is 18.5 Å². The molecule has 0 saturated heterocycles. The summed E-state index contributed by atoms with van der Waals surface area (Å²) in [5, 5.41) is 13.4. The van der Waals surface area contributed by atoms with E-state index in [1.807, 2.05) is 11.4 Å². The van der Waals surface area contributed by atoms with Crippen LogP contribution in [0.2, 0.25) is 0 Å². The SMILES string of the molecule is N#Cc1ccccc1NC(=O)COC(=O)/C(=C/c1ccc(F)cc1)c1cccs1. The van der Waals surface area contributed by atoms with Gasteiger partial charge in [0.15, 0.2) is 6.61 Å². The predicted molar refractivity (Wildman–Crippen MR) is 109 cm³/mol. The predicted octanol–water partition coefficient (Wildman–Crippen LogP) is 4.48. The number of esters is 1. The lowest BCUT2D eigenvalue weighted by Gasteiger charge is -2.09. The molecule has 1 aromatic heterocycles. The number of carbonyl (C=O) groups excluding carboxylic acids is 2. The van der Waals surface area contributed by atoms with Gasteiger partial charge in [0, 0.05) is 4.88 Å². The lowest BCUT2D eigenvalue weighted by Crippen LogP contribution is -2.21. The van der Waals surface area contributed by atoms with Gasteiger partial charge >= 0.3 is 5.97 Å². The van der Waals surface area contributed by atoms with Crippen molar-refractivity contribution in [3.63, 3.8) is 0 Å². The molecule has 0 spiro atoms. The lowest BCUT2D eigenvalue weighted by molar-refractivity contribution is -0.141. The first-order valence-corrected chi connectivity index (χ1v) is 9.42. The Bertz CT molecular complexity index is 1080. The highest BCUT2D eigenvalue weighted by Crippen LogP contribution is 2.24. The van der Waals surface area contributed by atoms with E-state index in [0.717, 1.165) is 0 Å². The number of thiophene rings is 1. The summed E-state index contributed by atoms with van der Waals surface area (Å²) in [6.45, 7) is -0.509. The van der Waals surface area contributed by atoms with Crippen LogP contribution in [0.4, 0.5) is 10.1 Å². The zero-order valence-corrected chi connectivity index (χ0v) is 15.9. The molecule has 3 aromatic rings. The van der Waals surface area contributed by atoms with Crippen LogP contribution in [0.5, 0.6) is 0 Å².